The lowest BCUT2D eigenvalue weighted by Crippen LogP contribution is -2.55. The highest BCUT2D eigenvalue weighted by Gasteiger charge is 2.32. The average Bonchev–Trinajstić information content (AvgIpc) is 2.16. The van der Waals surface area contributed by atoms with Crippen LogP contribution in [0.3, 0.4) is 0 Å². The fraction of sp³-hybridized carbons (Fsp3) is 1.00. The molecule has 0 aliphatic heterocycles. The van der Waals surface area contributed by atoms with E-state index >= 15 is 0 Å². The van der Waals surface area contributed by atoms with Crippen molar-refractivity contribution in [1.29, 1.82) is 0 Å². The Kier molecular flexibility index (Phi) is 6.38. The molecule has 0 aliphatic rings. The Hall–Kier alpha value is -0.0800. The highest BCUT2D eigenvalue weighted by atomic mass is 15.2. The van der Waals surface area contributed by atoms with E-state index in [-0.39, 0.29) is 5.54 Å². The van der Waals surface area contributed by atoms with Gasteiger partial charge in [0.15, 0.2) is 0 Å². The smallest absolute Gasteiger partial charge is 0.0326 e. The quantitative estimate of drug-likeness (QED) is 0.684. The zero-order valence-electron chi connectivity index (χ0n) is 10.6. The van der Waals surface area contributed by atoms with Crippen LogP contribution in [0.1, 0.15) is 47.5 Å². The molecule has 2 N–H and O–H groups in total. The van der Waals surface area contributed by atoms with Crippen molar-refractivity contribution < 1.29 is 0 Å². The molecule has 0 bridgehead atoms. The largest absolute Gasteiger partial charge is 0.329 e. The van der Waals surface area contributed by atoms with E-state index in [9.17, 15) is 0 Å². The number of hydrogen-bond acceptors (Lipinski definition) is 2. The maximum absolute atomic E-state index is 5.93. The van der Waals surface area contributed by atoms with Gasteiger partial charge < -0.3 is 5.73 Å². The van der Waals surface area contributed by atoms with Gasteiger partial charge in [-0.2, -0.15) is 0 Å². The molecule has 0 saturated carbocycles. The molecule has 2 heteroatoms. The normalized spacial score (nSPS) is 16.3. The standard InChI is InChI=1S/C12H28N2/c1-6-8-14(9-7-2)12(5,10-13)11(3)4/h11H,6-10,13H2,1-5H3. The molecule has 0 saturated heterocycles. The van der Waals surface area contributed by atoms with E-state index in [2.05, 4.69) is 39.5 Å². The van der Waals surface area contributed by atoms with E-state index < -0.39 is 0 Å². The van der Waals surface area contributed by atoms with Crippen LogP contribution in [-0.2, 0) is 0 Å². The molecule has 1 atom stereocenters. The van der Waals surface area contributed by atoms with E-state index in [1.807, 2.05) is 0 Å². The van der Waals surface area contributed by atoms with Crippen LogP contribution >= 0.6 is 0 Å². The highest BCUT2D eigenvalue weighted by Crippen LogP contribution is 2.24. The Bertz CT molecular complexity index is 139. The summed E-state index contributed by atoms with van der Waals surface area (Å²) in [5.74, 6) is 0.616. The van der Waals surface area contributed by atoms with Crippen LogP contribution in [0.15, 0.2) is 0 Å². The van der Waals surface area contributed by atoms with Crippen molar-refractivity contribution in [3.05, 3.63) is 0 Å². The SMILES string of the molecule is CCCN(CCC)C(C)(CN)C(C)C. The zero-order chi connectivity index (χ0) is 11.2. The Balaban J connectivity index is 4.55. The first-order valence-corrected chi connectivity index (χ1v) is 5.98. The van der Waals surface area contributed by atoms with Gasteiger partial charge in [-0.05, 0) is 38.8 Å². The van der Waals surface area contributed by atoms with E-state index in [1.54, 1.807) is 0 Å². The summed E-state index contributed by atoms with van der Waals surface area (Å²) in [6.45, 7) is 14.4. The predicted octanol–water partition coefficient (Wildman–Crippen LogP) is 2.48. The van der Waals surface area contributed by atoms with Gasteiger partial charge in [0, 0.05) is 12.1 Å². The van der Waals surface area contributed by atoms with E-state index in [0.29, 0.717) is 5.92 Å². The fourth-order valence-corrected chi connectivity index (χ4v) is 1.89. The molecule has 0 heterocycles. The van der Waals surface area contributed by atoms with Gasteiger partial charge >= 0.3 is 0 Å². The lowest BCUT2D eigenvalue weighted by Gasteiger charge is -2.44. The molecule has 0 aromatic heterocycles. The van der Waals surface area contributed by atoms with Crippen molar-refractivity contribution >= 4 is 0 Å². The third kappa shape index (κ3) is 3.25. The molecule has 0 spiro atoms. The van der Waals surface area contributed by atoms with Gasteiger partial charge in [0.2, 0.25) is 0 Å². The monoisotopic (exact) mass is 200 g/mol. The van der Waals surface area contributed by atoms with Crippen molar-refractivity contribution in [2.24, 2.45) is 11.7 Å². The van der Waals surface area contributed by atoms with Crippen LogP contribution in [0, 0.1) is 5.92 Å². The van der Waals surface area contributed by atoms with Crippen molar-refractivity contribution in [3.63, 3.8) is 0 Å². The summed E-state index contributed by atoms with van der Waals surface area (Å²) in [5.41, 5.74) is 6.10. The van der Waals surface area contributed by atoms with Crippen molar-refractivity contribution in [3.8, 4) is 0 Å². The Morgan fingerprint density at radius 3 is 1.79 bits per heavy atom. The molecule has 1 unspecified atom stereocenters. The van der Waals surface area contributed by atoms with Crippen LogP contribution in [-0.4, -0.2) is 30.1 Å². The maximum Gasteiger partial charge on any atom is 0.0326 e. The van der Waals surface area contributed by atoms with Gasteiger partial charge in [0.1, 0.15) is 0 Å². The first-order chi connectivity index (χ1) is 6.52. The topological polar surface area (TPSA) is 29.3 Å². The van der Waals surface area contributed by atoms with Crippen LogP contribution in [0.5, 0.6) is 0 Å². The Morgan fingerprint density at radius 2 is 1.57 bits per heavy atom. The summed E-state index contributed by atoms with van der Waals surface area (Å²) in [6, 6.07) is 0. The lowest BCUT2D eigenvalue weighted by atomic mass is 9.86. The Labute approximate surface area is 89.9 Å². The molecule has 86 valence electrons. The molecule has 0 fully saturated rings. The molecule has 0 rings (SSSR count). The van der Waals surface area contributed by atoms with Gasteiger partial charge in [-0.1, -0.05) is 27.7 Å². The minimum Gasteiger partial charge on any atom is -0.329 e. The maximum atomic E-state index is 5.93. The first-order valence-electron chi connectivity index (χ1n) is 5.98. The molecule has 0 aromatic rings. The van der Waals surface area contributed by atoms with Gasteiger partial charge in [-0.3, -0.25) is 4.90 Å². The third-order valence-electron chi connectivity index (χ3n) is 3.37. The summed E-state index contributed by atoms with van der Waals surface area (Å²) in [6.07, 6.45) is 2.42. The average molecular weight is 200 g/mol. The van der Waals surface area contributed by atoms with Crippen LogP contribution in [0.25, 0.3) is 0 Å². The van der Waals surface area contributed by atoms with Crippen molar-refractivity contribution in [2.75, 3.05) is 19.6 Å². The van der Waals surface area contributed by atoms with Gasteiger partial charge in [-0.25, -0.2) is 0 Å². The summed E-state index contributed by atoms with van der Waals surface area (Å²) < 4.78 is 0. The number of nitrogens with two attached hydrogens (primary N) is 1. The summed E-state index contributed by atoms with van der Waals surface area (Å²) in [7, 11) is 0. The number of hydrogen-bond donors (Lipinski definition) is 1. The molecular weight excluding hydrogens is 172 g/mol. The minimum atomic E-state index is 0.173. The van der Waals surface area contributed by atoms with Crippen LogP contribution < -0.4 is 5.73 Å². The molecule has 0 amide bonds. The van der Waals surface area contributed by atoms with Gasteiger partial charge in [-0.15, -0.1) is 0 Å². The van der Waals surface area contributed by atoms with E-state index in [0.717, 1.165) is 6.54 Å². The predicted molar refractivity (Wildman–Crippen MR) is 64.5 cm³/mol. The minimum absolute atomic E-state index is 0.173. The van der Waals surface area contributed by atoms with E-state index in [4.69, 9.17) is 5.73 Å². The fourth-order valence-electron chi connectivity index (χ4n) is 1.89. The lowest BCUT2D eigenvalue weighted by molar-refractivity contribution is 0.0670. The molecular formula is C12H28N2. The number of rotatable bonds is 7. The molecule has 0 aromatic carbocycles. The van der Waals surface area contributed by atoms with Crippen molar-refractivity contribution in [1.82, 2.24) is 4.90 Å². The molecule has 14 heavy (non-hydrogen) atoms. The van der Waals surface area contributed by atoms with Gasteiger partial charge in [0.25, 0.3) is 0 Å². The molecule has 0 aliphatic carbocycles. The second-order valence-corrected chi connectivity index (χ2v) is 4.70. The second kappa shape index (κ2) is 6.41. The van der Waals surface area contributed by atoms with E-state index in [1.165, 1.54) is 25.9 Å². The number of nitrogens with zero attached hydrogens (tertiary/aromatic N) is 1. The van der Waals surface area contributed by atoms with Crippen molar-refractivity contribution in [2.45, 2.75) is 53.0 Å². The van der Waals surface area contributed by atoms with Crippen LogP contribution in [0.4, 0.5) is 0 Å². The summed E-state index contributed by atoms with van der Waals surface area (Å²) in [5, 5.41) is 0. The summed E-state index contributed by atoms with van der Waals surface area (Å²) >= 11 is 0. The van der Waals surface area contributed by atoms with Crippen LogP contribution in [0.2, 0.25) is 0 Å². The third-order valence-corrected chi connectivity index (χ3v) is 3.37. The zero-order valence-corrected chi connectivity index (χ0v) is 10.6. The first kappa shape index (κ1) is 13.9. The summed E-state index contributed by atoms with van der Waals surface area (Å²) in [4.78, 5) is 2.55. The molecule has 2 nitrogen and oxygen atoms in total. The second-order valence-electron chi connectivity index (χ2n) is 4.70. The van der Waals surface area contributed by atoms with Gasteiger partial charge in [0.05, 0.1) is 0 Å². The molecule has 0 radical (unpaired) electrons. The Morgan fingerprint density at radius 1 is 1.14 bits per heavy atom. The highest BCUT2D eigenvalue weighted by molar-refractivity contribution is 4.89.